The monoisotopic (exact) mass is 388 g/mol. The second-order valence-corrected chi connectivity index (χ2v) is 8.96. The Bertz CT molecular complexity index is 689. The molecule has 2 fully saturated rings. The molecule has 28 heavy (non-hydrogen) atoms. The third-order valence-corrected chi connectivity index (χ3v) is 5.54. The highest BCUT2D eigenvalue weighted by atomic mass is 16.5. The molecule has 2 atom stereocenters. The molecule has 0 radical (unpaired) electrons. The van der Waals surface area contributed by atoms with Gasteiger partial charge in [-0.05, 0) is 23.1 Å². The van der Waals surface area contributed by atoms with Crippen LogP contribution in [0.5, 0.6) is 5.75 Å². The largest absolute Gasteiger partial charge is 0.497 e. The first kappa shape index (κ1) is 20.6. The van der Waals surface area contributed by atoms with Crippen LogP contribution in [0.1, 0.15) is 38.7 Å². The zero-order valence-electron chi connectivity index (χ0n) is 17.4. The molecule has 2 aliphatic heterocycles. The average Bonchev–Trinajstić information content (AvgIpc) is 3.12. The van der Waals surface area contributed by atoms with Crippen LogP contribution in [-0.4, -0.2) is 68.1 Å². The number of ether oxygens (including phenoxy) is 2. The van der Waals surface area contributed by atoms with Crippen molar-refractivity contribution in [1.29, 1.82) is 0 Å². The molecule has 0 N–H and O–H groups in total. The number of methoxy groups -OCH3 is 1. The fourth-order valence-electron chi connectivity index (χ4n) is 4.03. The summed E-state index contributed by atoms with van der Waals surface area (Å²) in [7, 11) is 1.64. The fraction of sp³-hybridized carbons (Fsp3) is 0.636. The van der Waals surface area contributed by atoms with E-state index in [0.717, 1.165) is 11.3 Å². The van der Waals surface area contributed by atoms with Crippen molar-refractivity contribution in [3.8, 4) is 5.75 Å². The summed E-state index contributed by atoms with van der Waals surface area (Å²) in [5.74, 6) is 0.845. The summed E-state index contributed by atoms with van der Waals surface area (Å²) >= 11 is 0. The lowest BCUT2D eigenvalue weighted by atomic mass is 9.88. The molecule has 0 aromatic heterocycles. The van der Waals surface area contributed by atoms with E-state index in [1.807, 2.05) is 34.1 Å². The smallest absolute Gasteiger partial charge is 0.228 e. The summed E-state index contributed by atoms with van der Waals surface area (Å²) in [6, 6.07) is 7.87. The van der Waals surface area contributed by atoms with Gasteiger partial charge in [0.25, 0.3) is 0 Å². The molecule has 0 saturated carbocycles. The molecule has 2 aliphatic rings. The van der Waals surface area contributed by atoms with Crippen LogP contribution in [0.15, 0.2) is 24.3 Å². The molecule has 6 heteroatoms. The molecule has 3 rings (SSSR count). The van der Waals surface area contributed by atoms with Gasteiger partial charge in [-0.2, -0.15) is 0 Å². The van der Waals surface area contributed by atoms with Crippen molar-refractivity contribution in [2.75, 3.05) is 46.5 Å². The van der Waals surface area contributed by atoms with Crippen molar-refractivity contribution in [2.45, 2.75) is 33.1 Å². The number of hydrogen-bond acceptors (Lipinski definition) is 4. The molecule has 2 saturated heterocycles. The van der Waals surface area contributed by atoms with E-state index in [1.165, 1.54) is 0 Å². The van der Waals surface area contributed by atoms with Gasteiger partial charge in [0.2, 0.25) is 11.8 Å². The van der Waals surface area contributed by atoms with Gasteiger partial charge in [-0.3, -0.25) is 9.59 Å². The van der Waals surface area contributed by atoms with Gasteiger partial charge < -0.3 is 19.3 Å². The zero-order valence-corrected chi connectivity index (χ0v) is 17.4. The highest BCUT2D eigenvalue weighted by Gasteiger charge is 2.42. The van der Waals surface area contributed by atoms with Gasteiger partial charge in [0.1, 0.15) is 5.75 Å². The van der Waals surface area contributed by atoms with Crippen LogP contribution in [0.3, 0.4) is 0 Å². The molecule has 154 valence electrons. The molecule has 1 aromatic rings. The van der Waals surface area contributed by atoms with Crippen molar-refractivity contribution >= 4 is 11.8 Å². The van der Waals surface area contributed by atoms with Crippen molar-refractivity contribution in [1.82, 2.24) is 9.80 Å². The molecular formula is C22H32N2O4. The number of hydrogen-bond donors (Lipinski definition) is 0. The predicted molar refractivity (Wildman–Crippen MR) is 107 cm³/mol. The van der Waals surface area contributed by atoms with Crippen molar-refractivity contribution in [3.63, 3.8) is 0 Å². The number of rotatable bonds is 4. The summed E-state index contributed by atoms with van der Waals surface area (Å²) in [5.41, 5.74) is 1.01. The lowest BCUT2D eigenvalue weighted by Crippen LogP contribution is -2.45. The lowest BCUT2D eigenvalue weighted by molar-refractivity contribution is -0.140. The minimum Gasteiger partial charge on any atom is -0.497 e. The van der Waals surface area contributed by atoms with Crippen LogP contribution < -0.4 is 4.74 Å². The molecule has 6 nitrogen and oxygen atoms in total. The number of nitrogens with zero attached hydrogens (tertiary/aromatic N) is 2. The minimum atomic E-state index is -0.213. The molecular weight excluding hydrogens is 356 g/mol. The first-order chi connectivity index (χ1) is 13.3. The Balaban J connectivity index is 1.81. The van der Waals surface area contributed by atoms with E-state index < -0.39 is 0 Å². The van der Waals surface area contributed by atoms with Gasteiger partial charge in [-0.1, -0.05) is 32.9 Å². The average molecular weight is 389 g/mol. The summed E-state index contributed by atoms with van der Waals surface area (Å²) in [6.45, 7) is 9.69. The number of morpholine rings is 1. The first-order valence-electron chi connectivity index (χ1n) is 10.1. The highest BCUT2D eigenvalue weighted by molar-refractivity contribution is 5.83. The second kappa shape index (κ2) is 8.52. The van der Waals surface area contributed by atoms with Gasteiger partial charge >= 0.3 is 0 Å². The maximum Gasteiger partial charge on any atom is 0.228 e. The summed E-state index contributed by atoms with van der Waals surface area (Å²) in [4.78, 5) is 29.9. The third kappa shape index (κ3) is 4.85. The summed E-state index contributed by atoms with van der Waals surface area (Å²) in [6.07, 6.45) is 0.487. The maximum atomic E-state index is 13.3. The van der Waals surface area contributed by atoms with E-state index in [1.54, 1.807) is 7.11 Å². The molecule has 0 aliphatic carbocycles. The third-order valence-electron chi connectivity index (χ3n) is 5.54. The minimum absolute atomic E-state index is 0.00479. The lowest BCUT2D eigenvalue weighted by Gasteiger charge is -2.31. The van der Waals surface area contributed by atoms with Crippen molar-refractivity contribution in [3.05, 3.63) is 29.8 Å². The Kier molecular flexibility index (Phi) is 6.28. The SMILES string of the molecule is COc1ccc([C@@H]2CN(C(=O)CC(C)(C)C)C[C@H]2C(=O)N2CCOCC2)cc1. The Morgan fingerprint density at radius 3 is 2.29 bits per heavy atom. The highest BCUT2D eigenvalue weighted by Crippen LogP contribution is 2.36. The molecule has 2 amide bonds. The number of amides is 2. The number of benzene rings is 1. The van der Waals surface area contributed by atoms with Crippen LogP contribution in [0.4, 0.5) is 0 Å². The molecule has 0 unspecified atom stereocenters. The predicted octanol–water partition coefficient (Wildman–Crippen LogP) is 2.53. The van der Waals surface area contributed by atoms with Gasteiger partial charge in [-0.15, -0.1) is 0 Å². The Morgan fingerprint density at radius 2 is 1.71 bits per heavy atom. The maximum absolute atomic E-state index is 13.3. The quantitative estimate of drug-likeness (QED) is 0.795. The van der Waals surface area contributed by atoms with Crippen LogP contribution in [0.25, 0.3) is 0 Å². The van der Waals surface area contributed by atoms with E-state index in [4.69, 9.17) is 9.47 Å². The van der Waals surface area contributed by atoms with Gasteiger partial charge in [0, 0.05) is 38.5 Å². The van der Waals surface area contributed by atoms with E-state index in [0.29, 0.717) is 45.8 Å². The van der Waals surface area contributed by atoms with Crippen LogP contribution in [-0.2, 0) is 14.3 Å². The number of carbonyl (C=O) groups excluding carboxylic acids is 2. The van der Waals surface area contributed by atoms with Crippen LogP contribution >= 0.6 is 0 Å². The number of likely N-dealkylation sites (tertiary alicyclic amines) is 1. The topological polar surface area (TPSA) is 59.1 Å². The van der Waals surface area contributed by atoms with Crippen molar-refractivity contribution < 1.29 is 19.1 Å². The number of carbonyl (C=O) groups is 2. The Morgan fingerprint density at radius 1 is 1.07 bits per heavy atom. The van der Waals surface area contributed by atoms with Crippen molar-refractivity contribution in [2.24, 2.45) is 11.3 Å². The van der Waals surface area contributed by atoms with Crippen LogP contribution in [0, 0.1) is 11.3 Å². The van der Waals surface area contributed by atoms with E-state index in [9.17, 15) is 9.59 Å². The summed E-state index contributed by atoms with van der Waals surface area (Å²) < 4.78 is 10.7. The Labute approximate surface area is 167 Å². The molecule has 1 aromatic carbocycles. The Hall–Kier alpha value is -2.08. The van der Waals surface area contributed by atoms with Gasteiger partial charge in [0.15, 0.2) is 0 Å². The molecule has 0 bridgehead atoms. The van der Waals surface area contributed by atoms with E-state index in [-0.39, 0.29) is 29.1 Å². The van der Waals surface area contributed by atoms with E-state index in [2.05, 4.69) is 20.8 Å². The van der Waals surface area contributed by atoms with Gasteiger partial charge in [0.05, 0.1) is 26.2 Å². The van der Waals surface area contributed by atoms with Gasteiger partial charge in [-0.25, -0.2) is 0 Å². The first-order valence-corrected chi connectivity index (χ1v) is 10.1. The second-order valence-electron chi connectivity index (χ2n) is 8.96. The fourth-order valence-corrected chi connectivity index (χ4v) is 4.03. The molecule has 2 heterocycles. The zero-order chi connectivity index (χ0) is 20.3. The normalized spacial score (nSPS) is 23.0. The van der Waals surface area contributed by atoms with E-state index >= 15 is 0 Å². The summed E-state index contributed by atoms with van der Waals surface area (Å²) in [5, 5.41) is 0. The standard InChI is InChI=1S/C22H32N2O4/c1-22(2,3)13-20(25)24-14-18(16-5-7-17(27-4)8-6-16)19(15-24)21(26)23-9-11-28-12-10-23/h5-8,18-19H,9-15H2,1-4H3/t18-,19+/m0/s1. The van der Waals surface area contributed by atoms with Crippen LogP contribution in [0.2, 0.25) is 0 Å². The molecule has 0 spiro atoms.